The first-order valence-corrected chi connectivity index (χ1v) is 6.50. The number of benzene rings is 1. The van der Waals surface area contributed by atoms with Gasteiger partial charge in [0.25, 0.3) is 0 Å². The lowest BCUT2D eigenvalue weighted by Gasteiger charge is -2.19. The van der Waals surface area contributed by atoms with E-state index in [-0.39, 0.29) is 24.7 Å². The van der Waals surface area contributed by atoms with E-state index in [1.54, 1.807) is 0 Å². The van der Waals surface area contributed by atoms with E-state index in [0.29, 0.717) is 6.54 Å². The molecule has 20 heavy (non-hydrogen) atoms. The molecular formula is C16H21NO3. The second-order valence-electron chi connectivity index (χ2n) is 5.29. The van der Waals surface area contributed by atoms with Gasteiger partial charge >= 0.3 is 0 Å². The third-order valence-electron chi connectivity index (χ3n) is 2.43. The molecule has 0 aromatic heterocycles. The van der Waals surface area contributed by atoms with Crippen molar-refractivity contribution in [2.24, 2.45) is 0 Å². The third kappa shape index (κ3) is 6.37. The van der Waals surface area contributed by atoms with Gasteiger partial charge in [-0.15, -0.1) is 0 Å². The van der Waals surface area contributed by atoms with Crippen LogP contribution < -0.4 is 5.32 Å². The van der Waals surface area contributed by atoms with Gasteiger partial charge < -0.3 is 15.2 Å². The van der Waals surface area contributed by atoms with E-state index in [0.717, 1.165) is 11.1 Å². The van der Waals surface area contributed by atoms with E-state index in [4.69, 9.17) is 9.84 Å². The number of hydrogen-bond donors (Lipinski definition) is 2. The van der Waals surface area contributed by atoms with E-state index in [2.05, 4.69) is 17.2 Å². The van der Waals surface area contributed by atoms with E-state index in [9.17, 15) is 4.79 Å². The van der Waals surface area contributed by atoms with Crippen LogP contribution in [0.5, 0.6) is 0 Å². The van der Waals surface area contributed by atoms with Crippen LogP contribution >= 0.6 is 0 Å². The number of aliphatic hydroxyl groups is 1. The second kappa shape index (κ2) is 7.68. The maximum Gasteiger partial charge on any atom is 0.246 e. The zero-order valence-corrected chi connectivity index (χ0v) is 12.2. The molecule has 0 saturated heterocycles. The maximum absolute atomic E-state index is 11.7. The first kappa shape index (κ1) is 16.2. The van der Waals surface area contributed by atoms with Crippen molar-refractivity contribution in [3.05, 3.63) is 35.4 Å². The van der Waals surface area contributed by atoms with E-state index in [1.165, 1.54) is 0 Å². The Morgan fingerprint density at radius 2 is 2.05 bits per heavy atom. The van der Waals surface area contributed by atoms with Crippen molar-refractivity contribution in [1.29, 1.82) is 0 Å². The normalized spacial score (nSPS) is 10.6. The highest BCUT2D eigenvalue weighted by molar-refractivity contribution is 5.77. The van der Waals surface area contributed by atoms with Crippen molar-refractivity contribution in [2.45, 2.75) is 32.9 Å². The Morgan fingerprint density at radius 1 is 1.35 bits per heavy atom. The van der Waals surface area contributed by atoms with Gasteiger partial charge in [0.1, 0.15) is 13.2 Å². The molecule has 0 radical (unpaired) electrons. The van der Waals surface area contributed by atoms with Crippen LogP contribution in [0, 0.1) is 11.8 Å². The van der Waals surface area contributed by atoms with Gasteiger partial charge in [-0.05, 0) is 32.4 Å². The molecule has 0 aliphatic heterocycles. The summed E-state index contributed by atoms with van der Waals surface area (Å²) in [6, 6.07) is 7.51. The average molecular weight is 275 g/mol. The molecule has 0 atom stereocenters. The molecule has 1 aromatic carbocycles. The molecule has 1 aromatic rings. The summed E-state index contributed by atoms with van der Waals surface area (Å²) in [7, 11) is 0. The highest BCUT2D eigenvalue weighted by atomic mass is 16.5. The van der Waals surface area contributed by atoms with E-state index in [1.807, 2.05) is 45.0 Å². The topological polar surface area (TPSA) is 58.6 Å². The van der Waals surface area contributed by atoms with Crippen LogP contribution in [0.15, 0.2) is 24.3 Å². The third-order valence-corrected chi connectivity index (χ3v) is 2.43. The highest BCUT2D eigenvalue weighted by Gasteiger charge is 2.12. The summed E-state index contributed by atoms with van der Waals surface area (Å²) < 4.78 is 5.40. The predicted molar refractivity (Wildman–Crippen MR) is 78.0 cm³/mol. The predicted octanol–water partition coefficient (Wildman–Crippen LogP) is 1.46. The Hall–Kier alpha value is -1.83. The highest BCUT2D eigenvalue weighted by Crippen LogP contribution is 2.08. The molecule has 0 spiro atoms. The lowest BCUT2D eigenvalue weighted by Crippen LogP contribution is -2.31. The fourth-order valence-corrected chi connectivity index (χ4v) is 1.46. The summed E-state index contributed by atoms with van der Waals surface area (Å²) >= 11 is 0. The Morgan fingerprint density at radius 3 is 2.70 bits per heavy atom. The molecule has 108 valence electrons. The Labute approximate surface area is 120 Å². The molecule has 0 unspecified atom stereocenters. The van der Waals surface area contributed by atoms with Crippen molar-refractivity contribution in [2.75, 3.05) is 13.2 Å². The zero-order valence-electron chi connectivity index (χ0n) is 12.2. The zero-order chi connectivity index (χ0) is 15.0. The van der Waals surface area contributed by atoms with Crippen LogP contribution in [-0.2, 0) is 16.1 Å². The summed E-state index contributed by atoms with van der Waals surface area (Å²) in [4.78, 5) is 11.7. The van der Waals surface area contributed by atoms with Gasteiger partial charge in [-0.25, -0.2) is 0 Å². The van der Waals surface area contributed by atoms with Crippen LogP contribution in [0.25, 0.3) is 0 Å². The maximum atomic E-state index is 11.7. The molecular weight excluding hydrogens is 254 g/mol. The number of carbonyl (C=O) groups is 1. The smallest absolute Gasteiger partial charge is 0.246 e. The Balaban J connectivity index is 2.55. The molecule has 1 amide bonds. The van der Waals surface area contributed by atoms with Crippen molar-refractivity contribution in [3.8, 4) is 11.8 Å². The number of amides is 1. The van der Waals surface area contributed by atoms with Crippen molar-refractivity contribution >= 4 is 5.91 Å². The van der Waals surface area contributed by atoms with Gasteiger partial charge in [0.05, 0.1) is 5.60 Å². The molecule has 4 heteroatoms. The van der Waals surface area contributed by atoms with Crippen LogP contribution in [0.4, 0.5) is 0 Å². The van der Waals surface area contributed by atoms with Crippen molar-refractivity contribution in [3.63, 3.8) is 0 Å². The van der Waals surface area contributed by atoms with Crippen LogP contribution in [0.1, 0.15) is 31.9 Å². The summed E-state index contributed by atoms with van der Waals surface area (Å²) in [5.41, 5.74) is 1.39. The number of aliphatic hydroxyl groups excluding tert-OH is 1. The van der Waals surface area contributed by atoms with Gasteiger partial charge in [-0.2, -0.15) is 0 Å². The van der Waals surface area contributed by atoms with Gasteiger partial charge in [0.15, 0.2) is 0 Å². The summed E-state index contributed by atoms with van der Waals surface area (Å²) in [5, 5.41) is 11.5. The fraction of sp³-hybridized carbons (Fsp3) is 0.438. The number of nitrogens with one attached hydrogen (secondary N) is 1. The van der Waals surface area contributed by atoms with Crippen LogP contribution in [0.2, 0.25) is 0 Å². The first-order chi connectivity index (χ1) is 9.42. The molecule has 2 N–H and O–H groups in total. The average Bonchev–Trinajstić information content (AvgIpc) is 2.40. The van der Waals surface area contributed by atoms with Crippen LogP contribution in [-0.4, -0.2) is 29.8 Å². The monoisotopic (exact) mass is 275 g/mol. The van der Waals surface area contributed by atoms with Crippen LogP contribution in [0.3, 0.4) is 0 Å². The molecule has 0 heterocycles. The van der Waals surface area contributed by atoms with Crippen molar-refractivity contribution < 1.29 is 14.6 Å². The number of hydrogen-bond acceptors (Lipinski definition) is 3. The summed E-state index contributed by atoms with van der Waals surface area (Å²) in [5.74, 6) is 5.30. The van der Waals surface area contributed by atoms with E-state index >= 15 is 0 Å². The lowest BCUT2D eigenvalue weighted by molar-refractivity contribution is -0.130. The molecule has 0 aliphatic rings. The fourth-order valence-electron chi connectivity index (χ4n) is 1.46. The van der Waals surface area contributed by atoms with Crippen molar-refractivity contribution in [1.82, 2.24) is 5.32 Å². The molecule has 4 nitrogen and oxygen atoms in total. The van der Waals surface area contributed by atoms with Gasteiger partial charge in [0.2, 0.25) is 5.91 Å². The standard InChI is InChI=1S/C16H21NO3/c1-16(2,3)20-12-15(19)17-11-14-8-5-4-7-13(14)9-6-10-18/h4-5,7-8,18H,10-12H2,1-3H3,(H,17,19). The molecule has 1 rings (SSSR count). The largest absolute Gasteiger partial charge is 0.384 e. The molecule has 0 saturated carbocycles. The Kier molecular flexibility index (Phi) is 6.23. The van der Waals surface area contributed by atoms with Gasteiger partial charge in [0, 0.05) is 12.1 Å². The minimum Gasteiger partial charge on any atom is -0.384 e. The van der Waals surface area contributed by atoms with Gasteiger partial charge in [-0.3, -0.25) is 4.79 Å². The molecule has 0 aliphatic carbocycles. The summed E-state index contributed by atoms with van der Waals surface area (Å²) in [6.07, 6.45) is 0. The molecule has 0 bridgehead atoms. The van der Waals surface area contributed by atoms with Gasteiger partial charge in [-0.1, -0.05) is 30.0 Å². The SMILES string of the molecule is CC(C)(C)OCC(=O)NCc1ccccc1C#CCO. The minimum atomic E-state index is -0.331. The van der Waals surface area contributed by atoms with E-state index < -0.39 is 0 Å². The number of rotatable bonds is 4. The number of carbonyl (C=O) groups excluding carboxylic acids is 1. The molecule has 0 fully saturated rings. The summed E-state index contributed by atoms with van der Waals surface area (Å²) in [6.45, 7) is 5.96. The lowest BCUT2D eigenvalue weighted by atomic mass is 10.1. The quantitative estimate of drug-likeness (QED) is 0.818. The number of ether oxygens (including phenoxy) is 1. The second-order valence-corrected chi connectivity index (χ2v) is 5.29. The first-order valence-electron chi connectivity index (χ1n) is 6.50. The Bertz CT molecular complexity index is 506. The minimum absolute atomic E-state index is 0.0357.